The van der Waals surface area contributed by atoms with Gasteiger partial charge in [-0.3, -0.25) is 9.59 Å². The molecule has 43 heavy (non-hydrogen) atoms. The van der Waals surface area contributed by atoms with Crippen molar-refractivity contribution in [3.8, 4) is 5.75 Å². The van der Waals surface area contributed by atoms with E-state index in [4.69, 9.17) is 4.74 Å². The fourth-order valence-corrected chi connectivity index (χ4v) is 5.63. The maximum Gasteiger partial charge on any atom is 0.321 e. The zero-order valence-corrected chi connectivity index (χ0v) is 24.4. The normalized spacial score (nSPS) is 15.2. The molecule has 3 aromatic carbocycles. The summed E-state index contributed by atoms with van der Waals surface area (Å²) >= 11 is 0. The zero-order chi connectivity index (χ0) is 30.2. The molecule has 5 rings (SSSR count). The second-order valence-electron chi connectivity index (χ2n) is 11.0. The monoisotopic (exact) mass is 587 g/mol. The minimum Gasteiger partial charge on any atom is -0.497 e. The van der Waals surface area contributed by atoms with Crippen LogP contribution in [0, 0.1) is 11.7 Å². The molecule has 4 amide bonds. The Morgan fingerprint density at radius 3 is 2.07 bits per heavy atom. The molecule has 0 bridgehead atoms. The highest BCUT2D eigenvalue weighted by molar-refractivity contribution is 5.95. The number of methoxy groups -OCH3 is 1. The van der Waals surface area contributed by atoms with E-state index in [2.05, 4.69) is 15.5 Å². The van der Waals surface area contributed by atoms with E-state index in [1.165, 1.54) is 12.1 Å². The van der Waals surface area contributed by atoms with E-state index in [1.54, 1.807) is 41.2 Å². The molecular formula is C33H38FN5O4. The number of amides is 4. The summed E-state index contributed by atoms with van der Waals surface area (Å²) in [6.45, 7) is 2.71. The van der Waals surface area contributed by atoms with E-state index in [1.807, 2.05) is 36.4 Å². The third-order valence-corrected chi connectivity index (χ3v) is 8.06. The van der Waals surface area contributed by atoms with Crippen molar-refractivity contribution < 1.29 is 23.5 Å². The first-order chi connectivity index (χ1) is 20.9. The van der Waals surface area contributed by atoms with Crippen LogP contribution >= 0.6 is 0 Å². The van der Waals surface area contributed by atoms with Crippen LogP contribution in [0.4, 0.5) is 26.2 Å². The highest BCUT2D eigenvalue weighted by Gasteiger charge is 2.29. The molecule has 3 aromatic rings. The van der Waals surface area contributed by atoms with Gasteiger partial charge in [-0.15, -0.1) is 0 Å². The second-order valence-corrected chi connectivity index (χ2v) is 11.0. The summed E-state index contributed by atoms with van der Waals surface area (Å²) in [5.74, 6) is 0.0227. The predicted octanol–water partition coefficient (Wildman–Crippen LogP) is 5.35. The number of anilines is 3. The molecule has 0 unspecified atom stereocenters. The summed E-state index contributed by atoms with van der Waals surface area (Å²) in [6, 6.07) is 20.7. The summed E-state index contributed by atoms with van der Waals surface area (Å²) in [4.78, 5) is 44.5. The van der Waals surface area contributed by atoms with Gasteiger partial charge in [-0.25, -0.2) is 9.18 Å². The molecule has 1 heterocycles. The number of hydrogen-bond donors (Lipinski definition) is 2. The molecule has 0 atom stereocenters. The van der Waals surface area contributed by atoms with Gasteiger partial charge in [-0.1, -0.05) is 25.0 Å². The Morgan fingerprint density at radius 2 is 1.44 bits per heavy atom. The van der Waals surface area contributed by atoms with Crippen molar-refractivity contribution in [1.29, 1.82) is 0 Å². The maximum atomic E-state index is 13.4. The van der Waals surface area contributed by atoms with Gasteiger partial charge in [0.05, 0.1) is 7.11 Å². The van der Waals surface area contributed by atoms with E-state index in [-0.39, 0.29) is 42.7 Å². The number of carbonyl (C=O) groups excluding carboxylic acids is 3. The molecule has 1 aliphatic carbocycles. The van der Waals surface area contributed by atoms with Gasteiger partial charge in [0.2, 0.25) is 11.8 Å². The minimum absolute atomic E-state index is 0.0239. The van der Waals surface area contributed by atoms with Crippen molar-refractivity contribution in [2.24, 2.45) is 5.92 Å². The third kappa shape index (κ3) is 8.03. The molecule has 0 spiro atoms. The van der Waals surface area contributed by atoms with Crippen molar-refractivity contribution in [2.75, 3.05) is 55.4 Å². The van der Waals surface area contributed by atoms with Crippen molar-refractivity contribution in [3.05, 3.63) is 84.2 Å². The van der Waals surface area contributed by atoms with Gasteiger partial charge in [0, 0.05) is 55.7 Å². The molecule has 1 saturated heterocycles. The Bertz CT molecular complexity index is 1380. The smallest absolute Gasteiger partial charge is 0.321 e. The summed E-state index contributed by atoms with van der Waals surface area (Å²) in [5.41, 5.74) is 3.14. The van der Waals surface area contributed by atoms with E-state index >= 15 is 0 Å². The first-order valence-electron chi connectivity index (χ1n) is 14.8. The van der Waals surface area contributed by atoms with E-state index in [0.717, 1.165) is 42.7 Å². The van der Waals surface area contributed by atoms with Crippen LogP contribution in [0.15, 0.2) is 72.8 Å². The quantitative estimate of drug-likeness (QED) is 0.352. The lowest BCUT2D eigenvalue weighted by atomic mass is 10.1. The summed E-state index contributed by atoms with van der Waals surface area (Å²) in [5, 5.41) is 5.84. The fraction of sp³-hybridized carbons (Fsp3) is 0.364. The topological polar surface area (TPSA) is 94.2 Å². The lowest BCUT2D eigenvalue weighted by molar-refractivity contribution is -0.138. The number of nitrogens with one attached hydrogen (secondary N) is 2. The van der Waals surface area contributed by atoms with Crippen LogP contribution < -0.4 is 20.3 Å². The van der Waals surface area contributed by atoms with Crippen molar-refractivity contribution in [1.82, 2.24) is 9.80 Å². The van der Waals surface area contributed by atoms with Gasteiger partial charge in [0.1, 0.15) is 18.1 Å². The Morgan fingerprint density at radius 1 is 0.837 bits per heavy atom. The van der Waals surface area contributed by atoms with Crippen LogP contribution in [-0.2, 0) is 16.1 Å². The molecule has 0 aromatic heterocycles. The molecular weight excluding hydrogens is 549 g/mol. The molecule has 9 nitrogen and oxygen atoms in total. The van der Waals surface area contributed by atoms with Gasteiger partial charge in [-0.2, -0.15) is 0 Å². The average molecular weight is 588 g/mol. The summed E-state index contributed by atoms with van der Waals surface area (Å²) in [7, 11) is 1.60. The van der Waals surface area contributed by atoms with Gasteiger partial charge in [-0.05, 0) is 79.1 Å². The number of halogens is 1. The van der Waals surface area contributed by atoms with Gasteiger partial charge < -0.3 is 30.1 Å². The number of nitrogens with zero attached hydrogens (tertiary/aromatic N) is 3. The van der Waals surface area contributed by atoms with Gasteiger partial charge in [0.25, 0.3) is 0 Å². The zero-order valence-electron chi connectivity index (χ0n) is 24.4. The molecule has 0 radical (unpaired) electrons. The van der Waals surface area contributed by atoms with E-state index in [0.29, 0.717) is 37.6 Å². The van der Waals surface area contributed by atoms with Crippen molar-refractivity contribution >= 4 is 34.9 Å². The number of hydrogen-bond acceptors (Lipinski definition) is 5. The highest BCUT2D eigenvalue weighted by atomic mass is 19.1. The molecule has 2 N–H and O–H groups in total. The van der Waals surface area contributed by atoms with Crippen LogP contribution in [0.2, 0.25) is 0 Å². The molecule has 2 fully saturated rings. The number of piperazine rings is 1. The predicted molar refractivity (Wildman–Crippen MR) is 165 cm³/mol. The Kier molecular flexibility index (Phi) is 9.76. The summed E-state index contributed by atoms with van der Waals surface area (Å²) < 4.78 is 18.6. The number of rotatable bonds is 9. The largest absolute Gasteiger partial charge is 0.497 e. The van der Waals surface area contributed by atoms with Gasteiger partial charge in [0.15, 0.2) is 0 Å². The number of benzene rings is 3. The number of urea groups is 1. The fourth-order valence-electron chi connectivity index (χ4n) is 5.63. The van der Waals surface area contributed by atoms with Crippen molar-refractivity contribution in [2.45, 2.75) is 32.2 Å². The van der Waals surface area contributed by atoms with Crippen LogP contribution in [0.1, 0.15) is 31.2 Å². The first kappa shape index (κ1) is 29.9. The van der Waals surface area contributed by atoms with Crippen molar-refractivity contribution in [3.63, 3.8) is 0 Å². The first-order valence-corrected chi connectivity index (χ1v) is 14.8. The molecule has 226 valence electrons. The Labute approximate surface area is 251 Å². The van der Waals surface area contributed by atoms with Crippen LogP contribution in [-0.4, -0.2) is 67.5 Å². The third-order valence-electron chi connectivity index (χ3n) is 8.06. The molecule has 1 saturated carbocycles. The molecule has 1 aliphatic heterocycles. The number of ether oxygens (including phenoxy) is 1. The minimum atomic E-state index is -0.337. The maximum absolute atomic E-state index is 13.4. The van der Waals surface area contributed by atoms with E-state index < -0.39 is 0 Å². The van der Waals surface area contributed by atoms with Gasteiger partial charge >= 0.3 is 6.03 Å². The second kappa shape index (κ2) is 14.0. The average Bonchev–Trinajstić information content (AvgIpc) is 3.58. The standard InChI is InChI=1S/C33H38FN5O4/c1-43-30-16-12-28(13-17-30)36-33(42)38-20-18-37(19-21-38)29-14-10-27(11-15-29)35-31(40)23-39(32(41)25-4-2-3-5-25)22-24-6-8-26(34)9-7-24/h6-17,25H,2-5,18-23H2,1H3,(H,35,40)(H,36,42). The number of carbonyl (C=O) groups is 3. The lowest BCUT2D eigenvalue weighted by Crippen LogP contribution is -2.50. The van der Waals surface area contributed by atoms with Crippen LogP contribution in [0.3, 0.4) is 0 Å². The Balaban J connectivity index is 1.12. The molecule has 2 aliphatic rings. The lowest BCUT2D eigenvalue weighted by Gasteiger charge is -2.36. The van der Waals surface area contributed by atoms with E-state index in [9.17, 15) is 18.8 Å². The summed E-state index contributed by atoms with van der Waals surface area (Å²) in [6.07, 6.45) is 3.71. The Hall–Kier alpha value is -4.60. The highest BCUT2D eigenvalue weighted by Crippen LogP contribution is 2.27. The van der Waals surface area contributed by atoms with Crippen LogP contribution in [0.5, 0.6) is 5.75 Å². The SMILES string of the molecule is COc1ccc(NC(=O)N2CCN(c3ccc(NC(=O)CN(Cc4ccc(F)cc4)C(=O)C4CCCC4)cc3)CC2)cc1. The van der Waals surface area contributed by atoms with Crippen LogP contribution in [0.25, 0.3) is 0 Å². The molecule has 10 heteroatoms.